The average molecular weight is 350 g/mol. The number of nitrogens with zero attached hydrogens (tertiary/aromatic N) is 1. The third kappa shape index (κ3) is 3.80. The molecule has 2 aromatic carbocycles. The summed E-state index contributed by atoms with van der Waals surface area (Å²) in [6.07, 6.45) is 0. The van der Waals surface area contributed by atoms with Crippen molar-refractivity contribution in [2.75, 3.05) is 5.32 Å². The molecule has 0 fully saturated rings. The third-order valence-corrected chi connectivity index (χ3v) is 5.15. The minimum absolute atomic E-state index is 0.167. The molecule has 0 saturated carbocycles. The molecular weight excluding hydrogens is 328 g/mol. The highest BCUT2D eigenvalue weighted by Gasteiger charge is 2.18. The van der Waals surface area contributed by atoms with E-state index in [-0.39, 0.29) is 5.91 Å². The van der Waals surface area contributed by atoms with Crippen LogP contribution in [0.25, 0.3) is 10.4 Å². The summed E-state index contributed by atoms with van der Waals surface area (Å²) in [5.41, 5.74) is 4.79. The van der Waals surface area contributed by atoms with Gasteiger partial charge >= 0.3 is 0 Å². The third-order valence-electron chi connectivity index (χ3n) is 4.13. The largest absolute Gasteiger partial charge is 0.321 e. The lowest BCUT2D eigenvalue weighted by molar-refractivity contribution is 0.102. The van der Waals surface area contributed by atoms with Crippen LogP contribution in [-0.2, 0) is 0 Å². The molecule has 4 heteroatoms. The Balaban J connectivity index is 1.89. The predicted octanol–water partition coefficient (Wildman–Crippen LogP) is 5.80. The van der Waals surface area contributed by atoms with Crippen molar-refractivity contribution in [2.24, 2.45) is 0 Å². The van der Waals surface area contributed by atoms with Gasteiger partial charge in [-0.2, -0.15) is 0 Å². The molecule has 0 radical (unpaired) electrons. The van der Waals surface area contributed by atoms with Crippen molar-refractivity contribution in [3.63, 3.8) is 0 Å². The van der Waals surface area contributed by atoms with Crippen LogP contribution in [-0.4, -0.2) is 10.9 Å². The van der Waals surface area contributed by atoms with Crippen LogP contribution in [0.3, 0.4) is 0 Å². The zero-order valence-electron chi connectivity index (χ0n) is 15.0. The summed E-state index contributed by atoms with van der Waals surface area (Å²) in [4.78, 5) is 18.2. The van der Waals surface area contributed by atoms with Gasteiger partial charge in [0.05, 0.1) is 9.88 Å². The summed E-state index contributed by atoms with van der Waals surface area (Å²) >= 11 is 1.54. The summed E-state index contributed by atoms with van der Waals surface area (Å²) in [6, 6.07) is 16.0. The molecule has 0 aliphatic rings. The maximum Gasteiger partial charge on any atom is 0.275 e. The van der Waals surface area contributed by atoms with E-state index in [0.717, 1.165) is 21.1 Å². The van der Waals surface area contributed by atoms with Crippen LogP contribution >= 0.6 is 11.3 Å². The second-order valence-electron chi connectivity index (χ2n) is 6.46. The number of nitrogens with one attached hydrogen (secondary N) is 1. The molecule has 0 unspecified atom stereocenters. The minimum atomic E-state index is -0.167. The minimum Gasteiger partial charge on any atom is -0.321 e. The monoisotopic (exact) mass is 350 g/mol. The van der Waals surface area contributed by atoms with Gasteiger partial charge in [-0.1, -0.05) is 50.2 Å². The van der Waals surface area contributed by atoms with E-state index in [2.05, 4.69) is 37.1 Å². The topological polar surface area (TPSA) is 42.0 Å². The van der Waals surface area contributed by atoms with Gasteiger partial charge in [0, 0.05) is 5.69 Å². The number of amides is 1. The van der Waals surface area contributed by atoms with E-state index in [4.69, 9.17) is 0 Å². The van der Waals surface area contributed by atoms with E-state index >= 15 is 0 Å². The van der Waals surface area contributed by atoms with Crippen LogP contribution in [0.4, 0.5) is 5.69 Å². The van der Waals surface area contributed by atoms with Crippen molar-refractivity contribution in [3.05, 3.63) is 70.4 Å². The van der Waals surface area contributed by atoms with Gasteiger partial charge in [0.25, 0.3) is 5.91 Å². The Morgan fingerprint density at radius 3 is 2.44 bits per heavy atom. The second kappa shape index (κ2) is 7.19. The zero-order chi connectivity index (χ0) is 18.0. The Morgan fingerprint density at radius 2 is 1.80 bits per heavy atom. The van der Waals surface area contributed by atoms with Gasteiger partial charge in [-0.3, -0.25) is 4.79 Å². The summed E-state index contributed by atoms with van der Waals surface area (Å²) in [5, 5.41) is 3.88. The lowest BCUT2D eigenvalue weighted by atomic mass is 9.97. The van der Waals surface area contributed by atoms with Gasteiger partial charge < -0.3 is 5.32 Å². The fourth-order valence-corrected chi connectivity index (χ4v) is 3.88. The van der Waals surface area contributed by atoms with Crippen molar-refractivity contribution >= 4 is 22.9 Å². The standard InChI is InChI=1S/C21H22N2OS/c1-13(2)18-11-10-17(12-14(18)3)23-21(24)19-20(25-15(4)22-19)16-8-6-5-7-9-16/h5-13H,1-4H3,(H,23,24). The highest BCUT2D eigenvalue weighted by atomic mass is 32.1. The normalized spacial score (nSPS) is 10.9. The van der Waals surface area contributed by atoms with Crippen molar-refractivity contribution in [3.8, 4) is 10.4 Å². The van der Waals surface area contributed by atoms with Crippen molar-refractivity contribution in [1.29, 1.82) is 0 Å². The number of hydrogen-bond acceptors (Lipinski definition) is 3. The van der Waals surface area contributed by atoms with Crippen LogP contribution in [0.2, 0.25) is 0 Å². The van der Waals surface area contributed by atoms with Crippen LogP contribution < -0.4 is 5.32 Å². The summed E-state index contributed by atoms with van der Waals surface area (Å²) < 4.78 is 0. The average Bonchev–Trinajstić information content (AvgIpc) is 2.97. The molecule has 0 aliphatic carbocycles. The Morgan fingerprint density at radius 1 is 1.08 bits per heavy atom. The number of carbonyl (C=O) groups excluding carboxylic acids is 1. The molecule has 0 atom stereocenters. The molecule has 3 nitrogen and oxygen atoms in total. The molecule has 1 amide bonds. The van der Waals surface area contributed by atoms with Gasteiger partial charge in [0.15, 0.2) is 0 Å². The number of thiazole rings is 1. The van der Waals surface area contributed by atoms with Crippen molar-refractivity contribution in [1.82, 2.24) is 4.98 Å². The fourth-order valence-electron chi connectivity index (χ4n) is 2.96. The molecule has 1 aromatic heterocycles. The highest BCUT2D eigenvalue weighted by molar-refractivity contribution is 7.15. The first kappa shape index (κ1) is 17.4. The van der Waals surface area contributed by atoms with Crippen LogP contribution in [0.1, 0.15) is 46.4 Å². The summed E-state index contributed by atoms with van der Waals surface area (Å²) in [7, 11) is 0. The molecular formula is C21H22N2OS. The van der Waals surface area contributed by atoms with E-state index in [1.807, 2.05) is 49.4 Å². The number of rotatable bonds is 4. The Bertz CT molecular complexity index is 898. The van der Waals surface area contributed by atoms with E-state index in [9.17, 15) is 4.79 Å². The summed E-state index contributed by atoms with van der Waals surface area (Å²) in [6.45, 7) is 8.35. The zero-order valence-corrected chi connectivity index (χ0v) is 15.8. The van der Waals surface area contributed by atoms with Gasteiger partial charge in [0.2, 0.25) is 0 Å². The van der Waals surface area contributed by atoms with Gasteiger partial charge in [-0.05, 0) is 48.6 Å². The van der Waals surface area contributed by atoms with Crippen molar-refractivity contribution < 1.29 is 4.79 Å². The smallest absolute Gasteiger partial charge is 0.275 e. The number of benzene rings is 2. The van der Waals surface area contributed by atoms with E-state index in [0.29, 0.717) is 11.6 Å². The first-order chi connectivity index (χ1) is 12.0. The Labute approximate surface area is 152 Å². The molecule has 1 heterocycles. The Hall–Kier alpha value is -2.46. The van der Waals surface area contributed by atoms with Gasteiger partial charge in [-0.25, -0.2) is 4.98 Å². The highest BCUT2D eigenvalue weighted by Crippen LogP contribution is 2.31. The first-order valence-corrected chi connectivity index (χ1v) is 9.22. The molecule has 0 aliphatic heterocycles. The molecule has 0 saturated heterocycles. The number of aryl methyl sites for hydroxylation is 2. The van der Waals surface area contributed by atoms with Gasteiger partial charge in [0.1, 0.15) is 5.69 Å². The maximum absolute atomic E-state index is 12.8. The number of carbonyl (C=O) groups is 1. The van der Waals surface area contributed by atoms with Crippen LogP contribution in [0.15, 0.2) is 48.5 Å². The van der Waals surface area contributed by atoms with Crippen LogP contribution in [0, 0.1) is 13.8 Å². The number of anilines is 1. The van der Waals surface area contributed by atoms with Crippen molar-refractivity contribution in [2.45, 2.75) is 33.6 Å². The molecule has 25 heavy (non-hydrogen) atoms. The molecule has 3 rings (SSSR count). The quantitative estimate of drug-likeness (QED) is 0.646. The lowest BCUT2D eigenvalue weighted by Gasteiger charge is -2.12. The van der Waals surface area contributed by atoms with E-state index in [1.54, 1.807) is 11.3 Å². The van der Waals surface area contributed by atoms with E-state index < -0.39 is 0 Å². The number of aromatic nitrogens is 1. The second-order valence-corrected chi connectivity index (χ2v) is 7.66. The maximum atomic E-state index is 12.8. The SMILES string of the molecule is Cc1nc(C(=O)Nc2ccc(C(C)C)c(C)c2)c(-c2ccccc2)s1. The first-order valence-electron chi connectivity index (χ1n) is 8.40. The Kier molecular flexibility index (Phi) is 5.00. The molecule has 128 valence electrons. The molecule has 0 bridgehead atoms. The summed E-state index contributed by atoms with van der Waals surface area (Å²) in [5.74, 6) is 0.301. The fraction of sp³-hybridized carbons (Fsp3) is 0.238. The number of hydrogen-bond donors (Lipinski definition) is 1. The lowest BCUT2D eigenvalue weighted by Crippen LogP contribution is -2.13. The van der Waals surface area contributed by atoms with E-state index in [1.165, 1.54) is 11.1 Å². The van der Waals surface area contributed by atoms with Gasteiger partial charge in [-0.15, -0.1) is 11.3 Å². The molecule has 3 aromatic rings. The molecule has 1 N–H and O–H groups in total. The predicted molar refractivity (Wildman–Crippen MR) is 106 cm³/mol. The van der Waals surface area contributed by atoms with Crippen LogP contribution in [0.5, 0.6) is 0 Å². The molecule has 0 spiro atoms.